The zero-order valence-electron chi connectivity index (χ0n) is 23.3. The summed E-state index contributed by atoms with van der Waals surface area (Å²) in [6, 6.07) is 12.4. The normalized spacial score (nSPS) is 19.0. The number of nitrogens with zero attached hydrogens (tertiary/aromatic N) is 3. The van der Waals surface area contributed by atoms with Crippen LogP contribution in [0, 0.1) is 19.3 Å². The first kappa shape index (κ1) is 27.5. The molecule has 3 aromatic rings. The van der Waals surface area contributed by atoms with Gasteiger partial charge in [0.05, 0.1) is 34.2 Å². The number of benzene rings is 1. The van der Waals surface area contributed by atoms with E-state index in [0.29, 0.717) is 6.54 Å². The van der Waals surface area contributed by atoms with Crippen molar-refractivity contribution < 1.29 is 4.21 Å². The van der Waals surface area contributed by atoms with Crippen molar-refractivity contribution in [3.05, 3.63) is 89.0 Å². The molecule has 2 aromatic heterocycles. The second-order valence-corrected chi connectivity index (χ2v) is 12.4. The summed E-state index contributed by atoms with van der Waals surface area (Å²) < 4.78 is 16.0. The van der Waals surface area contributed by atoms with Crippen LogP contribution in [0.1, 0.15) is 72.3 Å². The van der Waals surface area contributed by atoms with Gasteiger partial charge in [0.1, 0.15) is 11.0 Å². The van der Waals surface area contributed by atoms with Crippen LogP contribution in [-0.2, 0) is 24.0 Å². The number of hydrogen-bond donors (Lipinski definition) is 3. The molecule has 206 valence electrons. The summed E-state index contributed by atoms with van der Waals surface area (Å²) in [7, 11) is -1.28. The van der Waals surface area contributed by atoms with E-state index < -0.39 is 11.0 Å². The third-order valence-corrected chi connectivity index (χ3v) is 9.92. The zero-order valence-corrected chi connectivity index (χ0v) is 24.1. The number of pyridine rings is 2. The van der Waals surface area contributed by atoms with Gasteiger partial charge in [-0.15, -0.1) is 6.58 Å². The van der Waals surface area contributed by atoms with Crippen LogP contribution < -0.4 is 16.6 Å². The van der Waals surface area contributed by atoms with Crippen LogP contribution in [0.2, 0.25) is 0 Å². The van der Waals surface area contributed by atoms with Gasteiger partial charge in [0.2, 0.25) is 0 Å². The van der Waals surface area contributed by atoms with Gasteiger partial charge < -0.3 is 10.7 Å². The van der Waals surface area contributed by atoms with E-state index in [1.165, 1.54) is 12.0 Å². The minimum atomic E-state index is -1.28. The molecular weight excluding hydrogens is 504 g/mol. The fraction of sp³-hybridized carbons (Fsp3) is 0.419. The Kier molecular flexibility index (Phi) is 8.16. The van der Waals surface area contributed by atoms with E-state index in [1.54, 1.807) is 0 Å². The van der Waals surface area contributed by atoms with Crippen molar-refractivity contribution in [2.24, 2.45) is 11.3 Å². The lowest BCUT2D eigenvalue weighted by molar-refractivity contribution is 0.101. The summed E-state index contributed by atoms with van der Waals surface area (Å²) in [4.78, 5) is 10.7. The summed E-state index contributed by atoms with van der Waals surface area (Å²) in [6.45, 7) is 12.5. The number of nitrogens with two attached hydrogens (primary N) is 1. The van der Waals surface area contributed by atoms with Gasteiger partial charge in [0.25, 0.3) is 0 Å². The van der Waals surface area contributed by atoms with Gasteiger partial charge in [-0.2, -0.15) is 0 Å². The fourth-order valence-corrected chi connectivity index (χ4v) is 7.57. The SMILES string of the molecule is C=CCC(c1ccc(C)c(CN2CC3(CCC3)Cc3ncccc3S2=O)n1)c1ccc(NCC)c(NN)c1C. The Morgan fingerprint density at radius 1 is 1.23 bits per heavy atom. The highest BCUT2D eigenvalue weighted by Gasteiger charge is 2.43. The number of fused-ring (bicyclic) bond motifs is 1. The molecule has 3 heterocycles. The van der Waals surface area contributed by atoms with Crippen LogP contribution in [-0.4, -0.2) is 31.6 Å². The molecule has 1 aliphatic carbocycles. The van der Waals surface area contributed by atoms with Crippen molar-refractivity contribution in [1.82, 2.24) is 14.3 Å². The Bertz CT molecular complexity index is 1390. The lowest BCUT2D eigenvalue weighted by Crippen LogP contribution is -2.42. The predicted octanol–water partition coefficient (Wildman–Crippen LogP) is 5.77. The van der Waals surface area contributed by atoms with Crippen LogP contribution in [0.3, 0.4) is 0 Å². The molecule has 1 saturated carbocycles. The molecule has 2 aliphatic rings. The highest BCUT2D eigenvalue weighted by atomic mass is 32.2. The van der Waals surface area contributed by atoms with Crippen LogP contribution in [0.25, 0.3) is 0 Å². The zero-order chi connectivity index (χ0) is 27.6. The van der Waals surface area contributed by atoms with Gasteiger partial charge in [0.15, 0.2) is 0 Å². The third kappa shape index (κ3) is 5.38. The second kappa shape index (κ2) is 11.6. The number of hydrogen-bond acceptors (Lipinski definition) is 6. The highest BCUT2D eigenvalue weighted by Crippen LogP contribution is 2.47. The van der Waals surface area contributed by atoms with E-state index in [1.807, 2.05) is 24.4 Å². The summed E-state index contributed by atoms with van der Waals surface area (Å²) in [5.41, 5.74) is 11.2. The van der Waals surface area contributed by atoms with Crippen LogP contribution in [0.4, 0.5) is 11.4 Å². The van der Waals surface area contributed by atoms with Crippen LogP contribution in [0.5, 0.6) is 0 Å². The summed E-state index contributed by atoms with van der Waals surface area (Å²) in [5, 5.41) is 3.38. The number of rotatable bonds is 9. The molecule has 0 amide bonds. The fourth-order valence-electron chi connectivity index (χ4n) is 6.14. The molecule has 1 fully saturated rings. The molecule has 2 atom stereocenters. The minimum absolute atomic E-state index is 0.0298. The average molecular weight is 545 g/mol. The number of allylic oxidation sites excluding steroid dienone is 1. The molecule has 2 unspecified atom stereocenters. The van der Waals surface area contributed by atoms with Gasteiger partial charge in [-0.05, 0) is 92.8 Å². The van der Waals surface area contributed by atoms with Crippen LogP contribution in [0.15, 0.2) is 60.1 Å². The van der Waals surface area contributed by atoms with Gasteiger partial charge in [-0.3, -0.25) is 15.8 Å². The quantitative estimate of drug-likeness (QED) is 0.180. The molecule has 0 saturated heterocycles. The Morgan fingerprint density at radius 2 is 2.05 bits per heavy atom. The first-order valence-corrected chi connectivity index (χ1v) is 15.0. The van der Waals surface area contributed by atoms with Gasteiger partial charge in [-0.25, -0.2) is 8.51 Å². The smallest absolute Gasteiger partial charge is 0.129 e. The minimum Gasteiger partial charge on any atom is -0.384 e. The van der Waals surface area contributed by atoms with Crippen LogP contribution >= 0.6 is 0 Å². The van der Waals surface area contributed by atoms with Gasteiger partial charge in [0, 0.05) is 30.9 Å². The number of hydrazine groups is 1. The van der Waals surface area contributed by atoms with Crippen molar-refractivity contribution in [2.75, 3.05) is 23.8 Å². The monoisotopic (exact) mass is 544 g/mol. The Labute approximate surface area is 234 Å². The summed E-state index contributed by atoms with van der Waals surface area (Å²) >= 11 is 0. The number of nitrogens with one attached hydrogen (secondary N) is 2. The average Bonchev–Trinajstić information content (AvgIpc) is 3.04. The molecule has 8 heteroatoms. The summed E-state index contributed by atoms with van der Waals surface area (Å²) in [6.07, 6.45) is 8.97. The van der Waals surface area contributed by atoms with E-state index in [0.717, 1.165) is 83.3 Å². The molecule has 4 N–H and O–H groups in total. The van der Waals surface area contributed by atoms with E-state index >= 15 is 0 Å². The van der Waals surface area contributed by atoms with Gasteiger partial charge >= 0.3 is 0 Å². The van der Waals surface area contributed by atoms with Crippen molar-refractivity contribution >= 4 is 22.4 Å². The maximum absolute atomic E-state index is 13.9. The predicted molar refractivity (Wildman–Crippen MR) is 160 cm³/mol. The standard InChI is InChI=1S/C31H40N6OS/c1-5-9-24(23-12-14-26(33-6-2)30(36-32)22(23)4)25-13-11-21(3)28(35-25)19-37-20-31(15-8-16-31)18-27-29(39(37)38)10-7-17-34-27/h5,7,10-14,17,24,33,36H,1,6,8-9,15-16,18-20,32H2,2-4H3. The largest absolute Gasteiger partial charge is 0.384 e. The van der Waals surface area contributed by atoms with Crippen molar-refractivity contribution in [2.45, 2.75) is 70.2 Å². The Balaban J connectivity index is 1.50. The van der Waals surface area contributed by atoms with E-state index in [2.05, 4.69) is 71.6 Å². The first-order chi connectivity index (χ1) is 18.9. The van der Waals surface area contributed by atoms with E-state index in [9.17, 15) is 4.21 Å². The lowest BCUT2D eigenvalue weighted by atomic mass is 9.66. The topological polar surface area (TPSA) is 96.2 Å². The molecule has 1 aromatic carbocycles. The molecule has 0 bridgehead atoms. The molecule has 1 spiro atoms. The summed E-state index contributed by atoms with van der Waals surface area (Å²) in [5.74, 6) is 5.97. The molecule has 39 heavy (non-hydrogen) atoms. The van der Waals surface area contributed by atoms with E-state index in [4.69, 9.17) is 10.8 Å². The molecule has 1 aliphatic heterocycles. The van der Waals surface area contributed by atoms with Crippen molar-refractivity contribution in [3.8, 4) is 0 Å². The molecule has 5 rings (SSSR count). The lowest BCUT2D eigenvalue weighted by Gasteiger charge is -2.43. The maximum atomic E-state index is 13.9. The van der Waals surface area contributed by atoms with Crippen molar-refractivity contribution in [3.63, 3.8) is 0 Å². The third-order valence-electron chi connectivity index (χ3n) is 8.44. The maximum Gasteiger partial charge on any atom is 0.129 e. The number of anilines is 2. The number of aryl methyl sites for hydroxylation is 1. The van der Waals surface area contributed by atoms with Gasteiger partial charge in [-0.1, -0.05) is 24.6 Å². The van der Waals surface area contributed by atoms with E-state index in [-0.39, 0.29) is 11.3 Å². The molecule has 7 nitrogen and oxygen atoms in total. The number of nitrogen functional groups attached to an aromatic ring is 1. The second-order valence-electron chi connectivity index (χ2n) is 11.0. The molecule has 0 radical (unpaired) electrons. The highest BCUT2D eigenvalue weighted by molar-refractivity contribution is 7.82. The number of aromatic nitrogens is 2. The Hall–Kier alpha value is -3.07. The Morgan fingerprint density at radius 3 is 2.74 bits per heavy atom. The first-order valence-electron chi connectivity index (χ1n) is 13.9. The van der Waals surface area contributed by atoms with Crippen molar-refractivity contribution in [1.29, 1.82) is 0 Å². The molecular formula is C31H40N6OS.